The van der Waals surface area contributed by atoms with Crippen LogP contribution < -0.4 is 0 Å². The van der Waals surface area contributed by atoms with E-state index in [0.717, 1.165) is 0 Å². The number of benzene rings is 1. The third-order valence-corrected chi connectivity index (χ3v) is 2.14. The summed E-state index contributed by atoms with van der Waals surface area (Å²) < 4.78 is 0. The van der Waals surface area contributed by atoms with Crippen LogP contribution in [0.4, 0.5) is 5.69 Å². The van der Waals surface area contributed by atoms with Gasteiger partial charge < -0.3 is 4.84 Å². The first-order valence-electron chi connectivity index (χ1n) is 5.12. The molecule has 0 heterocycles. The predicted molar refractivity (Wildman–Crippen MR) is 60.2 cm³/mol. The number of nitrogens with zero attached hydrogens (tertiary/aromatic N) is 2. The smallest absolute Gasteiger partial charge is 0.359 e. The Hall–Kier alpha value is -1.75. The molecule has 16 heavy (non-hydrogen) atoms. The van der Waals surface area contributed by atoms with Crippen LogP contribution in [0.25, 0.3) is 0 Å². The first kappa shape index (κ1) is 12.3. The van der Waals surface area contributed by atoms with Crippen LogP contribution in [0, 0.1) is 4.91 Å². The van der Waals surface area contributed by atoms with Gasteiger partial charge in [0.1, 0.15) is 5.69 Å². The molecule has 0 bridgehead atoms. The fourth-order valence-electron chi connectivity index (χ4n) is 1.24. The quantitative estimate of drug-likeness (QED) is 0.567. The number of carbonyl (C=O) groups excluding carboxylic acids is 1. The monoisotopic (exact) mass is 222 g/mol. The highest BCUT2D eigenvalue weighted by Gasteiger charge is 2.15. The summed E-state index contributed by atoms with van der Waals surface area (Å²) in [5.74, 6) is -0.557. The van der Waals surface area contributed by atoms with E-state index in [-0.39, 0.29) is 11.3 Å². The summed E-state index contributed by atoms with van der Waals surface area (Å²) in [7, 11) is 0. The van der Waals surface area contributed by atoms with Gasteiger partial charge in [-0.05, 0) is 31.2 Å². The normalized spacial score (nSPS) is 10.2. The second kappa shape index (κ2) is 5.97. The maximum Gasteiger partial charge on any atom is 0.359 e. The van der Waals surface area contributed by atoms with E-state index < -0.39 is 5.97 Å². The summed E-state index contributed by atoms with van der Waals surface area (Å²) >= 11 is 0. The number of hydroxylamine groups is 2. The lowest BCUT2D eigenvalue weighted by molar-refractivity contribution is -0.103. The molecule has 0 amide bonds. The summed E-state index contributed by atoms with van der Waals surface area (Å²) in [4.78, 5) is 27.2. The van der Waals surface area contributed by atoms with Gasteiger partial charge in [0.15, 0.2) is 0 Å². The van der Waals surface area contributed by atoms with Gasteiger partial charge in [-0.2, -0.15) is 0 Å². The molecule has 86 valence electrons. The number of rotatable bonds is 5. The van der Waals surface area contributed by atoms with Crippen molar-refractivity contribution >= 4 is 11.7 Å². The zero-order valence-corrected chi connectivity index (χ0v) is 9.34. The fraction of sp³-hybridized carbons (Fsp3) is 0.364. The van der Waals surface area contributed by atoms with E-state index >= 15 is 0 Å². The van der Waals surface area contributed by atoms with Crippen molar-refractivity contribution in [1.82, 2.24) is 5.06 Å². The van der Waals surface area contributed by atoms with Crippen LogP contribution in [-0.2, 0) is 4.84 Å². The van der Waals surface area contributed by atoms with Crippen LogP contribution in [-0.4, -0.2) is 24.1 Å². The lowest BCUT2D eigenvalue weighted by atomic mass is 10.2. The van der Waals surface area contributed by atoms with Gasteiger partial charge in [-0.1, -0.05) is 12.1 Å². The van der Waals surface area contributed by atoms with E-state index in [1.165, 1.54) is 17.2 Å². The maximum absolute atomic E-state index is 11.7. The lowest BCUT2D eigenvalue weighted by Gasteiger charge is -2.17. The van der Waals surface area contributed by atoms with Gasteiger partial charge in [0.2, 0.25) is 0 Å². The number of carbonyl (C=O) groups is 1. The van der Waals surface area contributed by atoms with Crippen LogP contribution in [0.15, 0.2) is 29.4 Å². The highest BCUT2D eigenvalue weighted by molar-refractivity contribution is 5.94. The molecule has 5 nitrogen and oxygen atoms in total. The van der Waals surface area contributed by atoms with Gasteiger partial charge in [0, 0.05) is 13.1 Å². The van der Waals surface area contributed by atoms with Crippen molar-refractivity contribution in [3.8, 4) is 0 Å². The molecule has 0 saturated carbocycles. The molecule has 0 spiro atoms. The van der Waals surface area contributed by atoms with E-state index in [4.69, 9.17) is 4.84 Å². The van der Waals surface area contributed by atoms with Crippen LogP contribution in [0.3, 0.4) is 0 Å². The van der Waals surface area contributed by atoms with Crippen molar-refractivity contribution < 1.29 is 9.63 Å². The van der Waals surface area contributed by atoms with E-state index in [9.17, 15) is 9.70 Å². The van der Waals surface area contributed by atoms with Gasteiger partial charge >= 0.3 is 5.97 Å². The SMILES string of the molecule is CCN(CC)OC(=O)c1ccccc1N=O. The van der Waals surface area contributed by atoms with Gasteiger partial charge in [-0.25, -0.2) is 4.79 Å². The minimum Gasteiger partial charge on any atom is -0.364 e. The van der Waals surface area contributed by atoms with Crippen molar-refractivity contribution in [3.63, 3.8) is 0 Å². The molecular formula is C11H14N2O3. The summed E-state index contributed by atoms with van der Waals surface area (Å²) in [6, 6.07) is 6.30. The summed E-state index contributed by atoms with van der Waals surface area (Å²) in [6.45, 7) is 4.94. The Morgan fingerprint density at radius 1 is 1.31 bits per heavy atom. The number of hydrogen-bond donors (Lipinski definition) is 0. The van der Waals surface area contributed by atoms with E-state index in [0.29, 0.717) is 13.1 Å². The van der Waals surface area contributed by atoms with Crippen molar-refractivity contribution in [2.24, 2.45) is 5.18 Å². The Bertz CT molecular complexity index is 375. The van der Waals surface area contributed by atoms with Crippen LogP contribution >= 0.6 is 0 Å². The van der Waals surface area contributed by atoms with Crippen LogP contribution in [0.2, 0.25) is 0 Å². The molecule has 0 saturated heterocycles. The van der Waals surface area contributed by atoms with Gasteiger partial charge in [-0.3, -0.25) is 0 Å². The van der Waals surface area contributed by atoms with Crippen LogP contribution in [0.5, 0.6) is 0 Å². The molecule has 5 heteroatoms. The number of hydrogen-bond acceptors (Lipinski definition) is 5. The topological polar surface area (TPSA) is 59.0 Å². The molecule has 0 radical (unpaired) electrons. The molecule has 0 aliphatic heterocycles. The van der Waals surface area contributed by atoms with Crippen molar-refractivity contribution in [2.75, 3.05) is 13.1 Å². The van der Waals surface area contributed by atoms with Crippen molar-refractivity contribution in [2.45, 2.75) is 13.8 Å². The third-order valence-electron chi connectivity index (χ3n) is 2.14. The molecule has 0 aromatic heterocycles. The Kier molecular flexibility index (Phi) is 4.60. The van der Waals surface area contributed by atoms with Crippen molar-refractivity contribution in [3.05, 3.63) is 34.7 Å². The lowest BCUT2D eigenvalue weighted by Crippen LogP contribution is -2.26. The summed E-state index contributed by atoms with van der Waals surface area (Å²) in [5.41, 5.74) is 0.282. The summed E-state index contributed by atoms with van der Waals surface area (Å²) in [6.07, 6.45) is 0. The summed E-state index contributed by atoms with van der Waals surface area (Å²) in [5, 5.41) is 4.29. The zero-order chi connectivity index (χ0) is 12.0. The Labute approximate surface area is 93.9 Å². The Morgan fingerprint density at radius 2 is 1.94 bits per heavy atom. The second-order valence-electron chi connectivity index (χ2n) is 3.10. The Morgan fingerprint density at radius 3 is 2.50 bits per heavy atom. The third kappa shape index (κ3) is 2.87. The second-order valence-corrected chi connectivity index (χ2v) is 3.10. The van der Waals surface area contributed by atoms with E-state index in [1.807, 2.05) is 13.8 Å². The molecule has 0 atom stereocenters. The molecular weight excluding hydrogens is 208 g/mol. The molecule has 0 aliphatic rings. The van der Waals surface area contributed by atoms with Crippen molar-refractivity contribution in [1.29, 1.82) is 0 Å². The molecule has 1 rings (SSSR count). The van der Waals surface area contributed by atoms with Crippen LogP contribution in [0.1, 0.15) is 24.2 Å². The van der Waals surface area contributed by atoms with E-state index in [2.05, 4.69) is 5.18 Å². The minimum absolute atomic E-state index is 0.0969. The highest BCUT2D eigenvalue weighted by atomic mass is 16.7. The fourth-order valence-corrected chi connectivity index (χ4v) is 1.24. The molecule has 1 aromatic rings. The Balaban J connectivity index is 2.83. The number of nitroso groups, excluding NO2 is 1. The first-order valence-corrected chi connectivity index (χ1v) is 5.12. The van der Waals surface area contributed by atoms with Gasteiger partial charge in [-0.15, -0.1) is 9.97 Å². The first-order chi connectivity index (χ1) is 7.72. The standard InChI is InChI=1S/C11H14N2O3/c1-3-13(4-2)16-11(14)9-7-5-6-8-10(9)12-15/h5-8H,3-4H2,1-2H3. The van der Waals surface area contributed by atoms with Gasteiger partial charge in [0.25, 0.3) is 0 Å². The predicted octanol–water partition coefficient (Wildman–Crippen LogP) is 2.50. The average molecular weight is 222 g/mol. The average Bonchev–Trinajstić information content (AvgIpc) is 2.35. The molecule has 1 aromatic carbocycles. The zero-order valence-electron chi connectivity index (χ0n) is 9.34. The highest BCUT2D eigenvalue weighted by Crippen LogP contribution is 2.19. The molecule has 0 aliphatic carbocycles. The maximum atomic E-state index is 11.7. The van der Waals surface area contributed by atoms with E-state index in [1.54, 1.807) is 12.1 Å². The molecule has 0 unspecified atom stereocenters. The van der Waals surface area contributed by atoms with Gasteiger partial charge in [0.05, 0.1) is 5.56 Å². The molecule has 0 fully saturated rings. The largest absolute Gasteiger partial charge is 0.364 e. The minimum atomic E-state index is -0.557. The molecule has 0 N–H and O–H groups in total.